The van der Waals surface area contributed by atoms with Crippen LogP contribution in [-0.4, -0.2) is 51.0 Å². The van der Waals surface area contributed by atoms with Crippen molar-refractivity contribution < 1.29 is 9.47 Å². The number of likely N-dealkylation sites (tertiary alicyclic amines) is 1. The summed E-state index contributed by atoms with van der Waals surface area (Å²) in [5.74, 6) is 1.84. The van der Waals surface area contributed by atoms with E-state index < -0.39 is 0 Å². The summed E-state index contributed by atoms with van der Waals surface area (Å²) >= 11 is 6.51. The Balaban J connectivity index is 1.93. The zero-order valence-electron chi connectivity index (χ0n) is 15.3. The lowest BCUT2D eigenvalue weighted by Gasteiger charge is -2.39. The predicted octanol–water partition coefficient (Wildman–Crippen LogP) is 4.00. The number of fused-ring (bicyclic) bond motifs is 3. The number of nitrogens with zero attached hydrogens (tertiary/aromatic N) is 2. The first-order valence-electron chi connectivity index (χ1n) is 8.90. The van der Waals surface area contributed by atoms with Gasteiger partial charge >= 0.3 is 0 Å². The van der Waals surface area contributed by atoms with Gasteiger partial charge in [0.15, 0.2) is 11.5 Å². The Morgan fingerprint density at radius 1 is 1.08 bits per heavy atom. The zero-order chi connectivity index (χ0) is 18.3. The van der Waals surface area contributed by atoms with Crippen LogP contribution in [0.1, 0.15) is 29.0 Å². The molecule has 2 aromatic rings. The van der Waals surface area contributed by atoms with Gasteiger partial charge in [0.05, 0.1) is 26.0 Å². The topological polar surface area (TPSA) is 34.1 Å². The third kappa shape index (κ3) is 2.87. The van der Waals surface area contributed by atoms with Gasteiger partial charge in [0.2, 0.25) is 0 Å². The molecule has 0 radical (unpaired) electrons. The van der Waals surface area contributed by atoms with Gasteiger partial charge in [-0.3, -0.25) is 4.99 Å². The van der Waals surface area contributed by atoms with E-state index in [0.29, 0.717) is 11.7 Å². The minimum atomic E-state index is 0.267. The minimum absolute atomic E-state index is 0.267. The molecule has 2 aromatic carbocycles. The fourth-order valence-corrected chi connectivity index (χ4v) is 4.30. The molecule has 1 fully saturated rings. The van der Waals surface area contributed by atoms with Crippen LogP contribution in [0.5, 0.6) is 11.5 Å². The van der Waals surface area contributed by atoms with Gasteiger partial charge in [-0.2, -0.15) is 0 Å². The lowest BCUT2D eigenvalue weighted by Crippen LogP contribution is -2.41. The number of likely N-dealkylation sites (N-methyl/N-ethyl adjacent to an activating group) is 1. The van der Waals surface area contributed by atoms with E-state index in [2.05, 4.69) is 18.0 Å². The largest absolute Gasteiger partial charge is 0.493 e. The molecule has 136 valence electrons. The second-order valence-corrected chi connectivity index (χ2v) is 7.38. The average molecular weight is 371 g/mol. The number of rotatable bonds is 3. The number of piperidine rings is 1. The van der Waals surface area contributed by atoms with Gasteiger partial charge in [0.1, 0.15) is 0 Å². The highest BCUT2D eigenvalue weighted by molar-refractivity contribution is 6.35. The van der Waals surface area contributed by atoms with E-state index in [1.165, 1.54) is 5.56 Å². The van der Waals surface area contributed by atoms with Crippen molar-refractivity contribution in [3.63, 3.8) is 0 Å². The number of halogens is 1. The molecule has 0 saturated carbocycles. The average Bonchev–Trinajstić information content (AvgIpc) is 2.67. The Labute approximate surface area is 159 Å². The van der Waals surface area contributed by atoms with Crippen molar-refractivity contribution in [3.8, 4) is 11.5 Å². The molecule has 0 N–H and O–H groups in total. The van der Waals surface area contributed by atoms with E-state index >= 15 is 0 Å². The van der Waals surface area contributed by atoms with Crippen LogP contribution in [0.25, 0.3) is 0 Å². The summed E-state index contributed by atoms with van der Waals surface area (Å²) in [4.78, 5) is 7.52. The smallest absolute Gasteiger partial charge is 0.161 e. The number of methoxy groups -OCH3 is 2. The molecule has 0 amide bonds. The van der Waals surface area contributed by atoms with Crippen LogP contribution < -0.4 is 9.47 Å². The Kier molecular flexibility index (Phi) is 4.63. The number of benzene rings is 2. The van der Waals surface area contributed by atoms with Crippen molar-refractivity contribution in [1.29, 1.82) is 0 Å². The minimum Gasteiger partial charge on any atom is -0.493 e. The summed E-state index contributed by atoms with van der Waals surface area (Å²) in [7, 11) is 5.52. The normalized spacial score (nSPS) is 22.2. The molecule has 0 bridgehead atoms. The molecule has 1 saturated heterocycles. The highest BCUT2D eigenvalue weighted by Crippen LogP contribution is 2.42. The predicted molar refractivity (Wildman–Crippen MR) is 105 cm³/mol. The maximum absolute atomic E-state index is 6.51. The maximum atomic E-state index is 6.51. The number of hydrogen-bond acceptors (Lipinski definition) is 4. The summed E-state index contributed by atoms with van der Waals surface area (Å²) in [6.07, 6.45) is 1.04. The number of hydrogen-bond donors (Lipinski definition) is 0. The molecular weight excluding hydrogens is 348 g/mol. The first-order valence-corrected chi connectivity index (χ1v) is 9.27. The quantitative estimate of drug-likeness (QED) is 0.819. The lowest BCUT2D eigenvalue weighted by molar-refractivity contribution is 0.227. The molecule has 2 aliphatic rings. The van der Waals surface area contributed by atoms with E-state index in [1.54, 1.807) is 14.2 Å². The zero-order valence-corrected chi connectivity index (χ0v) is 16.1. The summed E-state index contributed by atoms with van der Waals surface area (Å²) < 4.78 is 11.1. The fourth-order valence-electron chi connectivity index (χ4n) is 4.07. The van der Waals surface area contributed by atoms with Crippen LogP contribution in [-0.2, 0) is 0 Å². The van der Waals surface area contributed by atoms with Crippen LogP contribution in [0.15, 0.2) is 41.4 Å². The summed E-state index contributed by atoms with van der Waals surface area (Å²) in [5.41, 5.74) is 4.29. The number of aliphatic imine (C=N–C) groups is 1. The molecule has 0 aromatic heterocycles. The van der Waals surface area contributed by atoms with E-state index in [1.807, 2.05) is 30.3 Å². The molecule has 0 aliphatic carbocycles. The summed E-state index contributed by atoms with van der Waals surface area (Å²) in [6.45, 7) is 2.05. The lowest BCUT2D eigenvalue weighted by atomic mass is 9.79. The Morgan fingerprint density at radius 2 is 1.81 bits per heavy atom. The molecule has 26 heavy (non-hydrogen) atoms. The molecule has 2 unspecified atom stereocenters. The Hall–Kier alpha value is -2.04. The van der Waals surface area contributed by atoms with Crippen LogP contribution in [0.2, 0.25) is 5.02 Å². The Bertz CT molecular complexity index is 865. The van der Waals surface area contributed by atoms with Crippen molar-refractivity contribution in [1.82, 2.24) is 4.90 Å². The molecule has 2 heterocycles. The molecular formula is C21H23ClN2O2. The maximum Gasteiger partial charge on any atom is 0.161 e. The van der Waals surface area contributed by atoms with Crippen LogP contribution in [0, 0.1) is 0 Å². The van der Waals surface area contributed by atoms with Crippen molar-refractivity contribution >= 4 is 17.3 Å². The monoisotopic (exact) mass is 370 g/mol. The SMILES string of the molecule is COc1cc2c(cc1OC)C1CN(C)CCC1N=C2c1ccccc1Cl. The van der Waals surface area contributed by atoms with Crippen molar-refractivity contribution in [2.24, 2.45) is 4.99 Å². The van der Waals surface area contributed by atoms with E-state index in [-0.39, 0.29) is 6.04 Å². The second-order valence-electron chi connectivity index (χ2n) is 6.98. The van der Waals surface area contributed by atoms with Crippen LogP contribution in [0.4, 0.5) is 0 Å². The van der Waals surface area contributed by atoms with Gasteiger partial charge in [-0.15, -0.1) is 0 Å². The summed E-state index contributed by atoms with van der Waals surface area (Å²) in [6, 6.07) is 12.3. The van der Waals surface area contributed by atoms with Crippen LogP contribution >= 0.6 is 11.6 Å². The molecule has 5 heteroatoms. The Morgan fingerprint density at radius 3 is 2.54 bits per heavy atom. The fraction of sp³-hybridized carbons (Fsp3) is 0.381. The molecule has 2 aliphatic heterocycles. The molecule has 0 spiro atoms. The van der Waals surface area contributed by atoms with Gasteiger partial charge in [-0.25, -0.2) is 0 Å². The standard InChI is InChI=1S/C21H23ClN2O2/c1-24-9-8-18-16(12-24)14-10-19(25-2)20(26-3)11-15(14)21(23-18)13-6-4-5-7-17(13)22/h4-7,10-11,16,18H,8-9,12H2,1-3H3. The van der Waals surface area contributed by atoms with E-state index in [9.17, 15) is 0 Å². The van der Waals surface area contributed by atoms with Crippen molar-refractivity contribution in [2.75, 3.05) is 34.4 Å². The second kappa shape index (κ2) is 6.93. The first kappa shape index (κ1) is 17.4. The van der Waals surface area contributed by atoms with Crippen LogP contribution in [0.3, 0.4) is 0 Å². The third-order valence-corrected chi connectivity index (χ3v) is 5.74. The number of ether oxygens (including phenoxy) is 2. The van der Waals surface area contributed by atoms with Gasteiger partial charge in [-0.1, -0.05) is 29.8 Å². The van der Waals surface area contributed by atoms with Gasteiger partial charge in [0, 0.05) is 28.6 Å². The van der Waals surface area contributed by atoms with Crippen molar-refractivity contribution in [3.05, 3.63) is 58.1 Å². The van der Waals surface area contributed by atoms with Gasteiger partial charge in [0.25, 0.3) is 0 Å². The van der Waals surface area contributed by atoms with Gasteiger partial charge in [-0.05, 0) is 43.8 Å². The van der Waals surface area contributed by atoms with E-state index in [0.717, 1.165) is 47.1 Å². The third-order valence-electron chi connectivity index (χ3n) is 5.41. The molecule has 4 nitrogen and oxygen atoms in total. The highest BCUT2D eigenvalue weighted by Gasteiger charge is 2.36. The van der Waals surface area contributed by atoms with Crippen molar-refractivity contribution in [2.45, 2.75) is 18.4 Å². The highest BCUT2D eigenvalue weighted by atomic mass is 35.5. The molecule has 2 atom stereocenters. The summed E-state index contributed by atoms with van der Waals surface area (Å²) in [5, 5.41) is 0.721. The van der Waals surface area contributed by atoms with E-state index in [4.69, 9.17) is 26.1 Å². The first-order chi connectivity index (χ1) is 12.6. The molecule has 4 rings (SSSR count). The van der Waals surface area contributed by atoms with Gasteiger partial charge < -0.3 is 14.4 Å².